The molecule has 88 valence electrons. The van der Waals surface area contributed by atoms with E-state index in [1.807, 2.05) is 24.4 Å². The molecule has 0 saturated carbocycles. The molecule has 0 aliphatic heterocycles. The van der Waals surface area contributed by atoms with Gasteiger partial charge in [0.15, 0.2) is 0 Å². The minimum absolute atomic E-state index is 0.443. The van der Waals surface area contributed by atoms with E-state index in [2.05, 4.69) is 37.9 Å². The van der Waals surface area contributed by atoms with E-state index in [-0.39, 0.29) is 0 Å². The molecule has 0 heterocycles. The highest BCUT2D eigenvalue weighted by molar-refractivity contribution is 5.79. The smallest absolute Gasteiger partial charge is 0.0471 e. The lowest BCUT2D eigenvalue weighted by Crippen LogP contribution is -2.00. The van der Waals surface area contributed by atoms with Gasteiger partial charge in [0.05, 0.1) is 0 Å². The number of hydrogen-bond acceptors (Lipinski definition) is 1. The van der Waals surface area contributed by atoms with Crippen LogP contribution in [0.25, 0.3) is 0 Å². The largest absolute Gasteiger partial charge is 0.290 e. The first-order valence-electron chi connectivity index (χ1n) is 6.26. The van der Waals surface area contributed by atoms with E-state index in [0.29, 0.717) is 6.04 Å². The molecule has 0 aromatic heterocycles. The molecule has 0 spiro atoms. The Morgan fingerprint density at radius 1 is 1.06 bits per heavy atom. The van der Waals surface area contributed by atoms with Crippen LogP contribution in [0.5, 0.6) is 0 Å². The van der Waals surface area contributed by atoms with Crippen LogP contribution >= 0.6 is 0 Å². The van der Waals surface area contributed by atoms with Crippen molar-refractivity contribution in [2.75, 3.05) is 0 Å². The molecule has 0 fully saturated rings. The fourth-order valence-corrected chi connectivity index (χ4v) is 1.65. The van der Waals surface area contributed by atoms with Crippen molar-refractivity contribution in [1.29, 1.82) is 0 Å². The number of hydrogen-bond donors (Lipinski definition) is 0. The maximum absolute atomic E-state index is 4.57. The molecule has 0 aliphatic rings. The average molecular weight is 217 g/mol. The van der Waals surface area contributed by atoms with Crippen molar-refractivity contribution in [1.82, 2.24) is 0 Å². The Kier molecular flexibility index (Phi) is 5.84. The molecule has 0 saturated heterocycles. The maximum atomic E-state index is 4.57. The van der Waals surface area contributed by atoms with Gasteiger partial charge in [-0.15, -0.1) is 0 Å². The fourth-order valence-electron chi connectivity index (χ4n) is 1.65. The molecule has 0 radical (unpaired) electrons. The summed E-state index contributed by atoms with van der Waals surface area (Å²) in [5.74, 6) is 0.810. The van der Waals surface area contributed by atoms with Crippen molar-refractivity contribution in [3.63, 3.8) is 0 Å². The van der Waals surface area contributed by atoms with Crippen molar-refractivity contribution in [2.45, 2.75) is 46.1 Å². The summed E-state index contributed by atoms with van der Waals surface area (Å²) in [6.45, 7) is 6.75. The van der Waals surface area contributed by atoms with Crippen LogP contribution < -0.4 is 0 Å². The van der Waals surface area contributed by atoms with Gasteiger partial charge in [0, 0.05) is 12.3 Å². The first-order valence-corrected chi connectivity index (χ1v) is 6.26. The third kappa shape index (κ3) is 5.69. The van der Waals surface area contributed by atoms with E-state index in [1.54, 1.807) is 0 Å². The summed E-state index contributed by atoms with van der Waals surface area (Å²) < 4.78 is 0. The highest BCUT2D eigenvalue weighted by atomic mass is 14.7. The van der Waals surface area contributed by atoms with Gasteiger partial charge in [-0.05, 0) is 24.8 Å². The van der Waals surface area contributed by atoms with Crippen molar-refractivity contribution in [3.8, 4) is 0 Å². The quantitative estimate of drug-likeness (QED) is 0.629. The van der Waals surface area contributed by atoms with Crippen molar-refractivity contribution < 1.29 is 0 Å². The molecule has 1 nitrogen and oxygen atoms in total. The summed E-state index contributed by atoms with van der Waals surface area (Å²) in [6, 6.07) is 10.7. The molecule has 1 aromatic rings. The molecule has 0 amide bonds. The second kappa shape index (κ2) is 7.21. The minimum atomic E-state index is 0.443. The number of rotatable bonds is 6. The second-order valence-corrected chi connectivity index (χ2v) is 4.86. The Hall–Kier alpha value is -1.11. The van der Waals surface area contributed by atoms with Gasteiger partial charge >= 0.3 is 0 Å². The standard InChI is InChI=1S/C15H23N/c1-13(2)8-7-9-14(3)16-12-15-10-5-4-6-11-15/h4-6,10-14H,7-9H2,1-3H3. The van der Waals surface area contributed by atoms with Crippen LogP contribution in [-0.4, -0.2) is 12.3 Å². The second-order valence-electron chi connectivity index (χ2n) is 4.86. The van der Waals surface area contributed by atoms with E-state index in [0.717, 1.165) is 5.92 Å². The molecule has 0 aliphatic carbocycles. The number of benzene rings is 1. The van der Waals surface area contributed by atoms with Crippen LogP contribution in [0.4, 0.5) is 0 Å². The van der Waals surface area contributed by atoms with Crippen LogP contribution in [0.3, 0.4) is 0 Å². The van der Waals surface area contributed by atoms with E-state index < -0.39 is 0 Å². The highest BCUT2D eigenvalue weighted by Gasteiger charge is 1.99. The van der Waals surface area contributed by atoms with Gasteiger partial charge in [-0.3, -0.25) is 4.99 Å². The summed E-state index contributed by atoms with van der Waals surface area (Å²) in [5.41, 5.74) is 1.19. The van der Waals surface area contributed by atoms with Crippen LogP contribution in [0.15, 0.2) is 35.3 Å². The molecule has 0 N–H and O–H groups in total. The summed E-state index contributed by atoms with van der Waals surface area (Å²) in [5, 5.41) is 0. The molecule has 1 rings (SSSR count). The van der Waals surface area contributed by atoms with Crippen LogP contribution in [-0.2, 0) is 0 Å². The third-order valence-corrected chi connectivity index (χ3v) is 2.68. The lowest BCUT2D eigenvalue weighted by atomic mass is 10.0. The van der Waals surface area contributed by atoms with Gasteiger partial charge in [-0.25, -0.2) is 0 Å². The molecule has 1 unspecified atom stereocenters. The zero-order valence-electron chi connectivity index (χ0n) is 10.7. The Balaban J connectivity index is 2.28. The van der Waals surface area contributed by atoms with Gasteiger partial charge in [0.1, 0.15) is 0 Å². The molecule has 16 heavy (non-hydrogen) atoms. The highest BCUT2D eigenvalue weighted by Crippen LogP contribution is 2.10. The molecule has 1 aromatic carbocycles. The van der Waals surface area contributed by atoms with Gasteiger partial charge in [-0.1, -0.05) is 57.0 Å². The molecule has 1 atom stereocenters. The Bertz CT molecular complexity index is 300. The van der Waals surface area contributed by atoms with Crippen LogP contribution in [0.2, 0.25) is 0 Å². The predicted molar refractivity (Wildman–Crippen MR) is 72.2 cm³/mol. The predicted octanol–water partition coefficient (Wildman–Crippen LogP) is 4.32. The summed E-state index contributed by atoms with van der Waals surface area (Å²) in [4.78, 5) is 4.57. The van der Waals surface area contributed by atoms with Crippen LogP contribution in [0, 0.1) is 5.92 Å². The SMILES string of the molecule is CC(C)CCCC(C)N=Cc1ccccc1. The van der Waals surface area contributed by atoms with Crippen molar-refractivity contribution in [2.24, 2.45) is 10.9 Å². The van der Waals surface area contributed by atoms with Gasteiger partial charge in [0.2, 0.25) is 0 Å². The average Bonchev–Trinajstić information content (AvgIpc) is 2.27. The minimum Gasteiger partial charge on any atom is -0.290 e. The van der Waals surface area contributed by atoms with Crippen molar-refractivity contribution in [3.05, 3.63) is 35.9 Å². The normalized spacial score (nSPS) is 13.5. The first kappa shape index (κ1) is 13.0. The summed E-state index contributed by atoms with van der Waals surface area (Å²) >= 11 is 0. The lowest BCUT2D eigenvalue weighted by Gasteiger charge is -2.07. The zero-order chi connectivity index (χ0) is 11.8. The Morgan fingerprint density at radius 3 is 2.38 bits per heavy atom. The Labute approximate surface area is 99.6 Å². The van der Waals surface area contributed by atoms with E-state index >= 15 is 0 Å². The summed E-state index contributed by atoms with van der Waals surface area (Å²) in [7, 11) is 0. The Morgan fingerprint density at radius 2 is 1.75 bits per heavy atom. The van der Waals surface area contributed by atoms with Crippen molar-refractivity contribution >= 4 is 6.21 Å². The zero-order valence-corrected chi connectivity index (χ0v) is 10.7. The van der Waals surface area contributed by atoms with Gasteiger partial charge in [-0.2, -0.15) is 0 Å². The van der Waals surface area contributed by atoms with E-state index in [4.69, 9.17) is 0 Å². The van der Waals surface area contributed by atoms with E-state index in [1.165, 1.54) is 24.8 Å². The first-order chi connectivity index (χ1) is 7.68. The summed E-state index contributed by atoms with van der Waals surface area (Å²) in [6.07, 6.45) is 5.78. The lowest BCUT2D eigenvalue weighted by molar-refractivity contribution is 0.512. The van der Waals surface area contributed by atoms with Gasteiger partial charge < -0.3 is 0 Å². The monoisotopic (exact) mass is 217 g/mol. The van der Waals surface area contributed by atoms with Gasteiger partial charge in [0.25, 0.3) is 0 Å². The number of nitrogens with zero attached hydrogens (tertiary/aromatic N) is 1. The molecule has 1 heteroatoms. The van der Waals surface area contributed by atoms with E-state index in [9.17, 15) is 0 Å². The molecular formula is C15H23N. The maximum Gasteiger partial charge on any atom is 0.0471 e. The van der Waals surface area contributed by atoms with Crippen LogP contribution in [0.1, 0.15) is 45.6 Å². The molecular weight excluding hydrogens is 194 g/mol. The third-order valence-electron chi connectivity index (χ3n) is 2.68. The molecule has 0 bridgehead atoms. The fraction of sp³-hybridized carbons (Fsp3) is 0.533. The topological polar surface area (TPSA) is 12.4 Å². The number of aliphatic imine (C=N–C) groups is 1.